The van der Waals surface area contributed by atoms with Gasteiger partial charge in [-0.05, 0) is 41.6 Å². The number of carbonyl (C=O) groups is 1. The second kappa shape index (κ2) is 9.22. The van der Waals surface area contributed by atoms with Crippen molar-refractivity contribution in [3.63, 3.8) is 0 Å². The van der Waals surface area contributed by atoms with Crippen LogP contribution in [0.4, 0.5) is 0 Å². The molecule has 7 nitrogen and oxygen atoms in total. The number of nitrogens with one attached hydrogen (secondary N) is 1. The molecule has 0 aliphatic carbocycles. The topological polar surface area (TPSA) is 77.6 Å². The van der Waals surface area contributed by atoms with Gasteiger partial charge in [0.25, 0.3) is 5.91 Å². The van der Waals surface area contributed by atoms with Gasteiger partial charge < -0.3 is 5.32 Å². The predicted octanol–water partition coefficient (Wildman–Crippen LogP) is 4.48. The van der Waals surface area contributed by atoms with Crippen LogP contribution in [0.1, 0.15) is 27.3 Å². The lowest BCUT2D eigenvalue weighted by Crippen LogP contribution is -2.23. The maximum atomic E-state index is 13.2. The van der Waals surface area contributed by atoms with E-state index in [1.807, 2.05) is 76.4 Å². The molecule has 0 spiro atoms. The first kappa shape index (κ1) is 20.8. The van der Waals surface area contributed by atoms with Crippen molar-refractivity contribution in [2.75, 3.05) is 0 Å². The fourth-order valence-corrected chi connectivity index (χ4v) is 4.36. The van der Waals surface area contributed by atoms with Gasteiger partial charge in [0.1, 0.15) is 17.3 Å². The summed E-state index contributed by atoms with van der Waals surface area (Å²) in [7, 11) is 0. The average molecular weight is 455 g/mol. The highest BCUT2D eigenvalue weighted by atomic mass is 32.1. The lowest BCUT2D eigenvalue weighted by atomic mass is 10.2. The second-order valence-corrected chi connectivity index (χ2v) is 8.55. The summed E-state index contributed by atoms with van der Waals surface area (Å²) in [4.78, 5) is 22.8. The standard InChI is InChI=1S/C25H22N6OS/c1-18-26-11-12-31(18)23-14-20(9-10-27-23)15-28-25(32)21-17-30(16-19-6-3-2-4-7-19)29-24(21)22-8-5-13-33-22/h2-14,17H,15-16H2,1H3,(H,28,32). The Balaban J connectivity index is 1.36. The number of carbonyl (C=O) groups excluding carboxylic acids is 1. The quantitative estimate of drug-likeness (QED) is 0.393. The molecule has 4 aromatic heterocycles. The number of benzene rings is 1. The van der Waals surface area contributed by atoms with E-state index in [9.17, 15) is 4.79 Å². The van der Waals surface area contributed by atoms with Gasteiger partial charge in [-0.15, -0.1) is 11.3 Å². The SMILES string of the molecule is Cc1nccn1-c1cc(CNC(=O)c2cn(Cc3ccccc3)nc2-c2cccs2)ccn1. The van der Waals surface area contributed by atoms with E-state index in [1.165, 1.54) is 0 Å². The zero-order chi connectivity index (χ0) is 22.6. The summed E-state index contributed by atoms with van der Waals surface area (Å²) in [5.41, 5.74) is 3.34. The van der Waals surface area contributed by atoms with Gasteiger partial charge >= 0.3 is 0 Å². The Morgan fingerprint density at radius 2 is 1.91 bits per heavy atom. The van der Waals surface area contributed by atoms with Crippen molar-refractivity contribution >= 4 is 17.2 Å². The number of hydrogen-bond acceptors (Lipinski definition) is 5. The molecule has 5 aromatic rings. The van der Waals surface area contributed by atoms with Crippen molar-refractivity contribution in [3.05, 3.63) is 107 Å². The van der Waals surface area contributed by atoms with E-state index in [0.29, 0.717) is 24.3 Å². The third kappa shape index (κ3) is 4.61. The van der Waals surface area contributed by atoms with Crippen LogP contribution in [0.5, 0.6) is 0 Å². The van der Waals surface area contributed by atoms with E-state index in [2.05, 4.69) is 27.4 Å². The number of aryl methyl sites for hydroxylation is 1. The van der Waals surface area contributed by atoms with E-state index in [4.69, 9.17) is 5.10 Å². The minimum atomic E-state index is -0.158. The maximum Gasteiger partial charge on any atom is 0.255 e. The molecule has 1 aromatic carbocycles. The van der Waals surface area contributed by atoms with Gasteiger partial charge in [0.05, 0.1) is 17.0 Å². The van der Waals surface area contributed by atoms with E-state index in [0.717, 1.165) is 27.6 Å². The van der Waals surface area contributed by atoms with Gasteiger partial charge in [-0.3, -0.25) is 14.0 Å². The minimum absolute atomic E-state index is 0.158. The average Bonchev–Trinajstić information content (AvgIpc) is 3.59. The van der Waals surface area contributed by atoms with Gasteiger partial charge in [0, 0.05) is 31.3 Å². The van der Waals surface area contributed by atoms with Gasteiger partial charge in [-0.1, -0.05) is 36.4 Å². The molecule has 0 fully saturated rings. The minimum Gasteiger partial charge on any atom is -0.348 e. The summed E-state index contributed by atoms with van der Waals surface area (Å²) in [6, 6.07) is 17.9. The highest BCUT2D eigenvalue weighted by molar-refractivity contribution is 7.13. The first-order valence-corrected chi connectivity index (χ1v) is 11.4. The van der Waals surface area contributed by atoms with Crippen LogP contribution in [0, 0.1) is 6.92 Å². The number of hydrogen-bond donors (Lipinski definition) is 1. The summed E-state index contributed by atoms with van der Waals surface area (Å²) >= 11 is 1.57. The van der Waals surface area contributed by atoms with Crippen molar-refractivity contribution in [2.45, 2.75) is 20.0 Å². The normalized spacial score (nSPS) is 10.9. The molecule has 4 heterocycles. The predicted molar refractivity (Wildman–Crippen MR) is 128 cm³/mol. The van der Waals surface area contributed by atoms with Crippen molar-refractivity contribution < 1.29 is 4.79 Å². The Morgan fingerprint density at radius 1 is 1.03 bits per heavy atom. The van der Waals surface area contributed by atoms with Crippen LogP contribution < -0.4 is 5.32 Å². The molecule has 1 N–H and O–H groups in total. The van der Waals surface area contributed by atoms with Gasteiger partial charge in [-0.25, -0.2) is 9.97 Å². The molecule has 0 atom stereocenters. The van der Waals surface area contributed by atoms with E-state index >= 15 is 0 Å². The molecule has 0 saturated heterocycles. The van der Waals surface area contributed by atoms with Crippen molar-refractivity contribution in [1.82, 2.24) is 29.6 Å². The van der Waals surface area contributed by atoms with Crippen LogP contribution in [-0.4, -0.2) is 30.2 Å². The molecule has 164 valence electrons. The molecule has 0 unspecified atom stereocenters. The number of imidazole rings is 1. The Labute approximate surface area is 195 Å². The highest BCUT2D eigenvalue weighted by Crippen LogP contribution is 2.27. The maximum absolute atomic E-state index is 13.2. The Kier molecular flexibility index (Phi) is 5.82. The van der Waals surface area contributed by atoms with Gasteiger partial charge in [-0.2, -0.15) is 5.10 Å². The summed E-state index contributed by atoms with van der Waals surface area (Å²) in [5.74, 6) is 1.47. The first-order valence-electron chi connectivity index (χ1n) is 10.6. The summed E-state index contributed by atoms with van der Waals surface area (Å²) < 4.78 is 3.74. The fraction of sp³-hybridized carbons (Fsp3) is 0.120. The van der Waals surface area contributed by atoms with Crippen molar-refractivity contribution in [2.24, 2.45) is 0 Å². The third-order valence-corrected chi connectivity index (χ3v) is 6.16. The Morgan fingerprint density at radius 3 is 2.67 bits per heavy atom. The van der Waals surface area contributed by atoms with Crippen LogP contribution in [0.3, 0.4) is 0 Å². The Bertz CT molecular complexity index is 1370. The molecule has 0 aliphatic heterocycles. The molecule has 0 radical (unpaired) electrons. The summed E-state index contributed by atoms with van der Waals surface area (Å²) in [6.07, 6.45) is 7.18. The van der Waals surface area contributed by atoms with Crippen LogP contribution in [0.25, 0.3) is 16.4 Å². The molecule has 0 bridgehead atoms. The number of rotatable bonds is 7. The van der Waals surface area contributed by atoms with E-state index < -0.39 is 0 Å². The molecule has 5 rings (SSSR count). The Hall–Kier alpha value is -4.04. The molecular weight excluding hydrogens is 432 g/mol. The van der Waals surface area contributed by atoms with Crippen LogP contribution in [-0.2, 0) is 13.1 Å². The third-order valence-electron chi connectivity index (χ3n) is 5.28. The van der Waals surface area contributed by atoms with Crippen molar-refractivity contribution in [3.8, 4) is 16.4 Å². The number of nitrogens with zero attached hydrogens (tertiary/aromatic N) is 5. The second-order valence-electron chi connectivity index (χ2n) is 7.60. The summed E-state index contributed by atoms with van der Waals surface area (Å²) in [6.45, 7) is 2.91. The number of pyridine rings is 1. The summed E-state index contributed by atoms with van der Waals surface area (Å²) in [5, 5.41) is 9.76. The lowest BCUT2D eigenvalue weighted by molar-refractivity contribution is 0.0951. The molecule has 0 aliphatic rings. The molecular formula is C25H22N6OS. The van der Waals surface area contributed by atoms with E-state index in [1.54, 1.807) is 23.7 Å². The highest BCUT2D eigenvalue weighted by Gasteiger charge is 2.19. The van der Waals surface area contributed by atoms with E-state index in [-0.39, 0.29) is 5.91 Å². The zero-order valence-corrected chi connectivity index (χ0v) is 18.9. The smallest absolute Gasteiger partial charge is 0.255 e. The molecule has 33 heavy (non-hydrogen) atoms. The number of thiophene rings is 1. The van der Waals surface area contributed by atoms with Gasteiger partial charge in [0.15, 0.2) is 0 Å². The first-order chi connectivity index (χ1) is 16.2. The van der Waals surface area contributed by atoms with Crippen LogP contribution >= 0.6 is 11.3 Å². The van der Waals surface area contributed by atoms with Crippen LogP contribution in [0.15, 0.2) is 84.8 Å². The number of amides is 1. The monoisotopic (exact) mass is 454 g/mol. The molecule has 0 saturated carbocycles. The van der Waals surface area contributed by atoms with Crippen molar-refractivity contribution in [1.29, 1.82) is 0 Å². The fourth-order valence-electron chi connectivity index (χ4n) is 3.63. The zero-order valence-electron chi connectivity index (χ0n) is 18.0. The van der Waals surface area contributed by atoms with Gasteiger partial charge in [0.2, 0.25) is 0 Å². The van der Waals surface area contributed by atoms with Crippen LogP contribution in [0.2, 0.25) is 0 Å². The largest absolute Gasteiger partial charge is 0.348 e. The molecule has 1 amide bonds. The molecule has 8 heteroatoms. The number of aromatic nitrogens is 5. The lowest BCUT2D eigenvalue weighted by Gasteiger charge is -2.08.